The Bertz CT molecular complexity index is 1010. The number of anilines is 2. The van der Waals surface area contributed by atoms with Gasteiger partial charge in [-0.05, 0) is 42.6 Å². The average molecular weight is 424 g/mol. The van der Waals surface area contributed by atoms with Gasteiger partial charge in [0.2, 0.25) is 0 Å². The fraction of sp³-hybridized carbons (Fsp3) is 0.176. The van der Waals surface area contributed by atoms with Crippen molar-refractivity contribution >= 4 is 49.4 Å². The third kappa shape index (κ3) is 4.65. The second-order valence-electron chi connectivity index (χ2n) is 5.53. The number of benzene rings is 1. The molecule has 1 N–H and O–H groups in total. The van der Waals surface area contributed by atoms with E-state index in [1.807, 2.05) is 12.3 Å². The second-order valence-corrected chi connectivity index (χ2v) is 9.53. The van der Waals surface area contributed by atoms with Crippen molar-refractivity contribution in [1.82, 2.24) is 4.98 Å². The number of amides is 1. The van der Waals surface area contributed by atoms with Gasteiger partial charge in [-0.25, -0.2) is 13.4 Å². The molecule has 2 heterocycles. The van der Waals surface area contributed by atoms with Crippen LogP contribution >= 0.6 is 22.7 Å². The molecule has 0 bridgehead atoms. The van der Waals surface area contributed by atoms with E-state index in [9.17, 15) is 13.2 Å². The van der Waals surface area contributed by atoms with E-state index in [4.69, 9.17) is 4.74 Å². The van der Waals surface area contributed by atoms with Crippen LogP contribution in [0.15, 0.2) is 51.4 Å². The fourth-order valence-electron chi connectivity index (χ4n) is 2.15. The molecule has 1 amide bonds. The maximum atomic E-state index is 12.5. The van der Waals surface area contributed by atoms with Gasteiger partial charge in [0.1, 0.15) is 9.96 Å². The Kier molecular flexibility index (Phi) is 5.78. The average Bonchev–Trinajstić information content (AvgIpc) is 3.32. The molecule has 0 atom stereocenters. The summed E-state index contributed by atoms with van der Waals surface area (Å²) in [5.74, 6) is 0.150. The summed E-state index contributed by atoms with van der Waals surface area (Å²) in [5.41, 5.74) is 1.34. The van der Waals surface area contributed by atoms with Crippen molar-refractivity contribution in [2.75, 3.05) is 23.3 Å². The molecule has 3 aromatic rings. The number of nitrogens with one attached hydrogen (secondary N) is 1. The van der Waals surface area contributed by atoms with Gasteiger partial charge in [-0.2, -0.15) is 0 Å². The normalized spacial score (nSPS) is 11.2. The fourth-order valence-corrected chi connectivity index (χ4v) is 5.21. The Morgan fingerprint density at radius 1 is 1.22 bits per heavy atom. The Morgan fingerprint density at radius 3 is 2.56 bits per heavy atom. The molecule has 2 aromatic heterocycles. The van der Waals surface area contributed by atoms with Crippen molar-refractivity contribution in [2.45, 2.75) is 11.1 Å². The zero-order valence-corrected chi connectivity index (χ0v) is 17.0. The molecule has 0 saturated carbocycles. The number of rotatable bonds is 7. The Balaban J connectivity index is 1.59. The second kappa shape index (κ2) is 8.07. The minimum atomic E-state index is -3.58. The Morgan fingerprint density at radius 2 is 1.96 bits per heavy atom. The number of carbonyl (C=O) groups is 1. The molecule has 1 aromatic carbocycles. The van der Waals surface area contributed by atoms with E-state index in [1.165, 1.54) is 34.0 Å². The van der Waals surface area contributed by atoms with Crippen LogP contribution < -0.4 is 14.4 Å². The highest BCUT2D eigenvalue weighted by Gasteiger charge is 2.22. The Hall–Kier alpha value is -2.43. The summed E-state index contributed by atoms with van der Waals surface area (Å²) in [6, 6.07) is 9.76. The molecular formula is C17H17N3O4S3. The number of thiazole rings is 1. The largest absolute Gasteiger partial charge is 0.484 e. The number of hydrogen-bond donors (Lipinski definition) is 1. The van der Waals surface area contributed by atoms with Gasteiger partial charge in [0.15, 0.2) is 11.7 Å². The number of thiophene rings is 1. The van der Waals surface area contributed by atoms with Gasteiger partial charge in [0.05, 0.1) is 11.4 Å². The third-order valence-corrected chi connectivity index (χ3v) is 7.58. The van der Waals surface area contributed by atoms with Gasteiger partial charge in [0, 0.05) is 12.4 Å². The van der Waals surface area contributed by atoms with Crippen LogP contribution in [0.1, 0.15) is 5.69 Å². The highest BCUT2D eigenvalue weighted by Crippen LogP contribution is 2.26. The van der Waals surface area contributed by atoms with Crippen LogP contribution in [0, 0.1) is 6.92 Å². The van der Waals surface area contributed by atoms with Gasteiger partial charge in [-0.15, -0.1) is 22.7 Å². The third-order valence-electron chi connectivity index (χ3n) is 3.55. The summed E-state index contributed by atoms with van der Waals surface area (Å²) >= 11 is 2.51. The van der Waals surface area contributed by atoms with Crippen LogP contribution in [0.25, 0.3) is 0 Å². The highest BCUT2D eigenvalue weighted by atomic mass is 32.2. The van der Waals surface area contributed by atoms with E-state index < -0.39 is 10.0 Å². The maximum Gasteiger partial charge on any atom is 0.273 e. The molecule has 0 aliphatic rings. The smallest absolute Gasteiger partial charge is 0.273 e. The van der Waals surface area contributed by atoms with Crippen LogP contribution in [0.5, 0.6) is 5.75 Å². The van der Waals surface area contributed by atoms with Gasteiger partial charge < -0.3 is 4.74 Å². The molecule has 142 valence electrons. The summed E-state index contributed by atoms with van der Waals surface area (Å²) < 4.78 is 32.0. The summed E-state index contributed by atoms with van der Waals surface area (Å²) in [4.78, 5) is 16.0. The first kappa shape index (κ1) is 19.3. The number of aryl methyl sites for hydroxylation is 1. The number of ether oxygens (including phenoxy) is 1. The molecule has 0 aliphatic heterocycles. The molecule has 27 heavy (non-hydrogen) atoms. The van der Waals surface area contributed by atoms with Crippen LogP contribution in [0.2, 0.25) is 0 Å². The summed E-state index contributed by atoms with van der Waals surface area (Å²) in [6.45, 7) is 1.68. The van der Waals surface area contributed by atoms with E-state index in [-0.39, 0.29) is 16.7 Å². The molecular weight excluding hydrogens is 406 g/mol. The topological polar surface area (TPSA) is 88.6 Å². The molecule has 0 aliphatic carbocycles. The first-order chi connectivity index (χ1) is 12.9. The standard InChI is InChI=1S/C17H17N3O4S3/c1-12-11-26-17(18-12)19-15(21)10-24-14-7-5-13(6-8-14)20(2)27(22,23)16-4-3-9-25-16/h3-9,11H,10H2,1-2H3,(H,18,19,21). The van der Waals surface area contributed by atoms with Gasteiger partial charge in [-0.1, -0.05) is 6.07 Å². The quantitative estimate of drug-likeness (QED) is 0.630. The van der Waals surface area contributed by atoms with E-state index in [1.54, 1.807) is 41.8 Å². The lowest BCUT2D eigenvalue weighted by molar-refractivity contribution is -0.118. The zero-order chi connectivity index (χ0) is 19.4. The summed E-state index contributed by atoms with van der Waals surface area (Å²) in [7, 11) is -2.08. The molecule has 0 radical (unpaired) electrons. The first-order valence-corrected chi connectivity index (χ1v) is 11.0. The lowest BCUT2D eigenvalue weighted by Crippen LogP contribution is -2.25. The number of sulfonamides is 1. The number of hydrogen-bond acceptors (Lipinski definition) is 7. The van der Waals surface area contributed by atoms with Crippen molar-refractivity contribution < 1.29 is 17.9 Å². The molecule has 0 spiro atoms. The molecule has 7 nitrogen and oxygen atoms in total. The molecule has 0 saturated heterocycles. The van der Waals surface area contributed by atoms with E-state index >= 15 is 0 Å². The minimum absolute atomic E-state index is 0.165. The maximum absolute atomic E-state index is 12.5. The van der Waals surface area contributed by atoms with Crippen molar-refractivity contribution in [3.8, 4) is 5.75 Å². The van der Waals surface area contributed by atoms with Crippen molar-refractivity contribution in [3.05, 3.63) is 52.9 Å². The van der Waals surface area contributed by atoms with Crippen molar-refractivity contribution in [2.24, 2.45) is 0 Å². The van der Waals surface area contributed by atoms with Crippen LogP contribution in [-0.2, 0) is 14.8 Å². The lowest BCUT2D eigenvalue weighted by Gasteiger charge is -2.18. The van der Waals surface area contributed by atoms with E-state index in [0.717, 1.165) is 5.69 Å². The SMILES string of the molecule is Cc1csc(NC(=O)COc2ccc(N(C)S(=O)(=O)c3cccs3)cc2)n1. The molecule has 10 heteroatoms. The molecule has 3 rings (SSSR count). The van der Waals surface area contributed by atoms with Crippen LogP contribution in [-0.4, -0.2) is 33.0 Å². The lowest BCUT2D eigenvalue weighted by atomic mass is 10.3. The van der Waals surface area contributed by atoms with Crippen molar-refractivity contribution in [3.63, 3.8) is 0 Å². The predicted octanol–water partition coefficient (Wildman–Crippen LogP) is 3.36. The summed E-state index contributed by atoms with van der Waals surface area (Å²) in [6.07, 6.45) is 0. The number of carbonyl (C=O) groups excluding carboxylic acids is 1. The zero-order valence-electron chi connectivity index (χ0n) is 14.6. The van der Waals surface area contributed by atoms with Gasteiger partial charge in [-0.3, -0.25) is 14.4 Å². The van der Waals surface area contributed by atoms with E-state index in [0.29, 0.717) is 16.6 Å². The van der Waals surface area contributed by atoms with Gasteiger partial charge >= 0.3 is 0 Å². The molecule has 0 unspecified atom stereocenters. The van der Waals surface area contributed by atoms with Gasteiger partial charge in [0.25, 0.3) is 15.9 Å². The van der Waals surface area contributed by atoms with Crippen molar-refractivity contribution in [1.29, 1.82) is 0 Å². The predicted molar refractivity (Wildman–Crippen MR) is 107 cm³/mol. The number of aromatic nitrogens is 1. The number of nitrogens with zero attached hydrogens (tertiary/aromatic N) is 2. The minimum Gasteiger partial charge on any atom is -0.484 e. The molecule has 0 fully saturated rings. The summed E-state index contributed by atoms with van der Waals surface area (Å²) in [5, 5.41) is 6.74. The monoisotopic (exact) mass is 423 g/mol. The highest BCUT2D eigenvalue weighted by molar-refractivity contribution is 7.94. The first-order valence-electron chi connectivity index (χ1n) is 7.83. The van der Waals surface area contributed by atoms with E-state index in [2.05, 4.69) is 10.3 Å². The van der Waals surface area contributed by atoms with Crippen LogP contribution in [0.4, 0.5) is 10.8 Å². The Labute approximate surface area is 165 Å². The van der Waals surface area contributed by atoms with Crippen LogP contribution in [0.3, 0.4) is 0 Å².